The Morgan fingerprint density at radius 1 is 1.31 bits per heavy atom. The van der Waals surface area contributed by atoms with Crippen molar-refractivity contribution in [3.8, 4) is 0 Å². The van der Waals surface area contributed by atoms with Gasteiger partial charge in [-0.25, -0.2) is 4.98 Å². The molecule has 3 heterocycles. The van der Waals surface area contributed by atoms with Crippen LogP contribution in [0.2, 0.25) is 0 Å². The third-order valence-corrected chi connectivity index (χ3v) is 3.39. The molecule has 3 rings (SSSR count). The summed E-state index contributed by atoms with van der Waals surface area (Å²) >= 11 is 0. The number of hydrogen-bond acceptors (Lipinski definition) is 3. The number of hydrogen-bond donors (Lipinski definition) is 1. The standard InChI is InChI=1S/C11H17N5/c1-7(2)15-4-5-16-9(6-15)12-10-8(3)13-14-11(10)16/h7H,4-6H2,1-3H3,(H,13,14). The van der Waals surface area contributed by atoms with Gasteiger partial charge in [0, 0.05) is 19.1 Å². The summed E-state index contributed by atoms with van der Waals surface area (Å²) in [6.45, 7) is 9.50. The molecule has 0 saturated carbocycles. The van der Waals surface area contributed by atoms with E-state index in [1.807, 2.05) is 6.92 Å². The number of rotatable bonds is 1. The number of aromatic nitrogens is 4. The Labute approximate surface area is 94.5 Å². The Balaban J connectivity index is 2.05. The van der Waals surface area contributed by atoms with Crippen LogP contribution in [0.3, 0.4) is 0 Å². The van der Waals surface area contributed by atoms with Gasteiger partial charge in [-0.1, -0.05) is 0 Å². The van der Waals surface area contributed by atoms with E-state index in [1.165, 1.54) is 0 Å². The topological polar surface area (TPSA) is 49.7 Å². The predicted molar refractivity (Wildman–Crippen MR) is 62.2 cm³/mol. The Morgan fingerprint density at radius 2 is 2.12 bits per heavy atom. The van der Waals surface area contributed by atoms with Gasteiger partial charge in [0.1, 0.15) is 11.3 Å². The Hall–Kier alpha value is -1.36. The summed E-state index contributed by atoms with van der Waals surface area (Å²) < 4.78 is 2.23. The van der Waals surface area contributed by atoms with Gasteiger partial charge in [0.25, 0.3) is 0 Å². The van der Waals surface area contributed by atoms with Crippen LogP contribution >= 0.6 is 0 Å². The summed E-state index contributed by atoms with van der Waals surface area (Å²) in [6.07, 6.45) is 0. The van der Waals surface area contributed by atoms with Crippen molar-refractivity contribution < 1.29 is 0 Å². The predicted octanol–water partition coefficient (Wildman–Crippen LogP) is 1.29. The van der Waals surface area contributed by atoms with Crippen molar-refractivity contribution in [2.75, 3.05) is 6.54 Å². The van der Waals surface area contributed by atoms with Crippen LogP contribution in [0.15, 0.2) is 0 Å². The van der Waals surface area contributed by atoms with Crippen LogP contribution in [0.5, 0.6) is 0 Å². The van der Waals surface area contributed by atoms with Crippen molar-refractivity contribution in [2.24, 2.45) is 0 Å². The van der Waals surface area contributed by atoms with Gasteiger partial charge >= 0.3 is 0 Å². The summed E-state index contributed by atoms with van der Waals surface area (Å²) in [5.41, 5.74) is 3.10. The van der Waals surface area contributed by atoms with Crippen LogP contribution in [0.25, 0.3) is 11.2 Å². The first kappa shape index (κ1) is 9.84. The number of aryl methyl sites for hydroxylation is 1. The minimum atomic E-state index is 0.584. The monoisotopic (exact) mass is 219 g/mol. The Bertz CT molecular complexity index is 522. The fraction of sp³-hybridized carbons (Fsp3) is 0.636. The zero-order valence-electron chi connectivity index (χ0n) is 9.99. The lowest BCUT2D eigenvalue weighted by Crippen LogP contribution is -2.38. The first-order valence-corrected chi connectivity index (χ1v) is 5.81. The van der Waals surface area contributed by atoms with Gasteiger partial charge in [0.2, 0.25) is 0 Å². The second-order valence-electron chi connectivity index (χ2n) is 4.76. The lowest BCUT2D eigenvalue weighted by atomic mass is 10.2. The molecule has 1 aliphatic heterocycles. The van der Waals surface area contributed by atoms with Crippen molar-refractivity contribution in [3.05, 3.63) is 11.5 Å². The van der Waals surface area contributed by atoms with E-state index >= 15 is 0 Å². The van der Waals surface area contributed by atoms with Gasteiger partial charge in [0.05, 0.1) is 12.2 Å². The van der Waals surface area contributed by atoms with Crippen LogP contribution in [0, 0.1) is 6.92 Å². The van der Waals surface area contributed by atoms with E-state index in [1.54, 1.807) is 0 Å². The molecule has 0 amide bonds. The fourth-order valence-corrected chi connectivity index (χ4v) is 2.33. The lowest BCUT2D eigenvalue weighted by molar-refractivity contribution is 0.175. The minimum absolute atomic E-state index is 0.584. The van der Waals surface area contributed by atoms with E-state index in [9.17, 15) is 0 Å². The SMILES string of the molecule is Cc1[nH]nc2c1nc1n2CCN(C(C)C)C1. The molecular formula is C11H17N5. The molecule has 86 valence electrons. The number of nitrogens with zero attached hydrogens (tertiary/aromatic N) is 4. The zero-order chi connectivity index (χ0) is 11.3. The number of aromatic amines is 1. The molecule has 0 spiro atoms. The maximum atomic E-state index is 4.67. The highest BCUT2D eigenvalue weighted by atomic mass is 15.3. The third kappa shape index (κ3) is 1.28. The van der Waals surface area contributed by atoms with Gasteiger partial charge < -0.3 is 4.57 Å². The van der Waals surface area contributed by atoms with Crippen molar-refractivity contribution in [1.82, 2.24) is 24.6 Å². The molecule has 16 heavy (non-hydrogen) atoms. The van der Waals surface area contributed by atoms with Crippen molar-refractivity contribution in [1.29, 1.82) is 0 Å². The molecule has 0 unspecified atom stereocenters. The van der Waals surface area contributed by atoms with E-state index < -0.39 is 0 Å². The maximum Gasteiger partial charge on any atom is 0.182 e. The Morgan fingerprint density at radius 3 is 2.88 bits per heavy atom. The molecule has 0 atom stereocenters. The second-order valence-corrected chi connectivity index (χ2v) is 4.76. The minimum Gasteiger partial charge on any atom is -0.309 e. The van der Waals surface area contributed by atoms with E-state index in [0.29, 0.717) is 6.04 Å². The first-order valence-electron chi connectivity index (χ1n) is 5.81. The molecule has 2 aromatic heterocycles. The van der Waals surface area contributed by atoms with E-state index in [-0.39, 0.29) is 0 Å². The van der Waals surface area contributed by atoms with Crippen molar-refractivity contribution in [3.63, 3.8) is 0 Å². The largest absolute Gasteiger partial charge is 0.309 e. The molecule has 2 aromatic rings. The van der Waals surface area contributed by atoms with E-state index in [2.05, 4.69) is 38.5 Å². The van der Waals surface area contributed by atoms with Gasteiger partial charge in [0.15, 0.2) is 5.65 Å². The van der Waals surface area contributed by atoms with Crippen LogP contribution in [-0.4, -0.2) is 37.2 Å². The van der Waals surface area contributed by atoms with Crippen LogP contribution < -0.4 is 0 Å². The van der Waals surface area contributed by atoms with E-state index in [0.717, 1.165) is 42.3 Å². The van der Waals surface area contributed by atoms with Crippen LogP contribution in [0.4, 0.5) is 0 Å². The van der Waals surface area contributed by atoms with Gasteiger partial charge in [-0.05, 0) is 20.8 Å². The molecule has 5 nitrogen and oxygen atoms in total. The maximum absolute atomic E-state index is 4.67. The number of H-pyrrole nitrogens is 1. The highest BCUT2D eigenvalue weighted by Crippen LogP contribution is 2.21. The lowest BCUT2D eigenvalue weighted by Gasteiger charge is -2.30. The molecule has 0 aromatic carbocycles. The van der Waals surface area contributed by atoms with Gasteiger partial charge in [-0.3, -0.25) is 10.00 Å². The van der Waals surface area contributed by atoms with E-state index in [4.69, 9.17) is 0 Å². The number of imidazole rings is 1. The molecule has 5 heteroatoms. The highest BCUT2D eigenvalue weighted by molar-refractivity contribution is 5.74. The molecule has 1 N–H and O–H groups in total. The highest BCUT2D eigenvalue weighted by Gasteiger charge is 2.23. The quantitative estimate of drug-likeness (QED) is 0.786. The van der Waals surface area contributed by atoms with Crippen LogP contribution in [-0.2, 0) is 13.1 Å². The Kier molecular flexibility index (Phi) is 2.04. The summed E-state index contributed by atoms with van der Waals surface area (Å²) in [5, 5.41) is 7.31. The molecular weight excluding hydrogens is 202 g/mol. The normalized spacial score (nSPS) is 17.2. The van der Waals surface area contributed by atoms with Crippen LogP contribution in [0.1, 0.15) is 25.4 Å². The van der Waals surface area contributed by atoms with Crippen molar-refractivity contribution in [2.45, 2.75) is 39.9 Å². The van der Waals surface area contributed by atoms with Crippen molar-refractivity contribution >= 4 is 11.2 Å². The molecule has 0 saturated heterocycles. The third-order valence-electron chi connectivity index (χ3n) is 3.39. The fourth-order valence-electron chi connectivity index (χ4n) is 2.33. The first-order chi connectivity index (χ1) is 7.66. The summed E-state index contributed by atoms with van der Waals surface area (Å²) in [4.78, 5) is 7.12. The molecule has 0 aliphatic carbocycles. The van der Waals surface area contributed by atoms with Gasteiger partial charge in [-0.15, -0.1) is 0 Å². The smallest absolute Gasteiger partial charge is 0.182 e. The summed E-state index contributed by atoms with van der Waals surface area (Å²) in [7, 11) is 0. The molecule has 0 fully saturated rings. The average molecular weight is 219 g/mol. The number of fused-ring (bicyclic) bond motifs is 3. The summed E-state index contributed by atoms with van der Waals surface area (Å²) in [6, 6.07) is 0.584. The number of nitrogens with one attached hydrogen (secondary N) is 1. The average Bonchev–Trinajstić information content (AvgIpc) is 2.78. The van der Waals surface area contributed by atoms with Gasteiger partial charge in [-0.2, -0.15) is 5.10 Å². The second kappa shape index (κ2) is 3.31. The molecule has 0 bridgehead atoms. The summed E-state index contributed by atoms with van der Waals surface area (Å²) in [5.74, 6) is 1.15. The molecule has 1 aliphatic rings. The molecule has 0 radical (unpaired) electrons. The zero-order valence-corrected chi connectivity index (χ0v) is 9.99.